The van der Waals surface area contributed by atoms with Gasteiger partial charge in [-0.05, 0) is 157 Å². The Morgan fingerprint density at radius 2 is 0.694 bits per heavy atom. The lowest BCUT2D eigenvalue weighted by molar-refractivity contribution is 0.658. The molecule has 2 aliphatic carbocycles. The molecule has 12 aromatic rings. The van der Waals surface area contributed by atoms with Crippen molar-refractivity contribution in [1.29, 1.82) is 0 Å². The molecule has 12 aromatic carbocycles. The summed E-state index contributed by atoms with van der Waals surface area (Å²) in [7, 11) is 0. The highest BCUT2D eigenvalue weighted by Crippen LogP contribution is 2.60. The monoisotopic (exact) mass is 917 g/mol. The molecule has 0 N–H and O–H groups in total. The fourth-order valence-electron chi connectivity index (χ4n) is 13.5. The van der Waals surface area contributed by atoms with Crippen LogP contribution >= 0.6 is 0 Å². The summed E-state index contributed by atoms with van der Waals surface area (Å²) >= 11 is 0. The summed E-state index contributed by atoms with van der Waals surface area (Å²) in [5.41, 5.74) is 24.5. The van der Waals surface area contributed by atoms with Crippen LogP contribution in [0.15, 0.2) is 224 Å². The molecule has 0 atom stereocenters. The van der Waals surface area contributed by atoms with Crippen molar-refractivity contribution in [3.8, 4) is 55.6 Å². The lowest BCUT2D eigenvalue weighted by Gasteiger charge is -2.37. The second kappa shape index (κ2) is 15.0. The maximum absolute atomic E-state index is 2.63. The summed E-state index contributed by atoms with van der Waals surface area (Å²) < 4.78 is 0. The van der Waals surface area contributed by atoms with Crippen LogP contribution in [0.5, 0.6) is 0 Å². The van der Waals surface area contributed by atoms with E-state index in [-0.39, 0.29) is 10.8 Å². The third kappa shape index (κ3) is 5.71. The molecular formula is C71H51N. The topological polar surface area (TPSA) is 3.24 Å². The smallest absolute Gasteiger partial charge is 0.0540 e. The highest BCUT2D eigenvalue weighted by atomic mass is 15.2. The molecule has 0 fully saturated rings. The Labute approximate surface area is 421 Å². The molecule has 0 radical (unpaired) electrons. The number of para-hydroxylation sites is 1. The van der Waals surface area contributed by atoms with Crippen molar-refractivity contribution < 1.29 is 0 Å². The van der Waals surface area contributed by atoms with Gasteiger partial charge in [0.1, 0.15) is 0 Å². The first kappa shape index (κ1) is 41.3. The summed E-state index contributed by atoms with van der Waals surface area (Å²) in [5, 5.41) is 10.3. The average Bonchev–Trinajstić information content (AvgIpc) is 3.79. The third-order valence-corrected chi connectivity index (χ3v) is 17.0. The van der Waals surface area contributed by atoms with Gasteiger partial charge in [0.15, 0.2) is 0 Å². The van der Waals surface area contributed by atoms with Gasteiger partial charge in [-0.25, -0.2) is 0 Å². The van der Waals surface area contributed by atoms with Crippen LogP contribution in [-0.4, -0.2) is 0 Å². The largest absolute Gasteiger partial charge is 0.309 e. The minimum Gasteiger partial charge on any atom is -0.309 e. The van der Waals surface area contributed by atoms with E-state index in [0.29, 0.717) is 0 Å². The van der Waals surface area contributed by atoms with Crippen molar-refractivity contribution in [1.82, 2.24) is 0 Å². The number of nitrogens with zero attached hydrogens (tertiary/aromatic N) is 1. The Morgan fingerprint density at radius 1 is 0.292 bits per heavy atom. The molecule has 3 aliphatic rings. The molecule has 0 saturated carbocycles. The molecule has 15 rings (SSSR count). The van der Waals surface area contributed by atoms with Crippen molar-refractivity contribution in [2.45, 2.75) is 44.9 Å². The molecule has 0 saturated heterocycles. The van der Waals surface area contributed by atoms with E-state index in [1.807, 2.05) is 0 Å². The van der Waals surface area contributed by atoms with Gasteiger partial charge in [-0.2, -0.15) is 0 Å². The number of hydrogen-bond acceptors (Lipinski definition) is 1. The van der Waals surface area contributed by atoms with Crippen LogP contribution in [0.4, 0.5) is 17.1 Å². The molecule has 0 bridgehead atoms. The predicted molar refractivity (Wildman–Crippen MR) is 305 cm³/mol. The van der Waals surface area contributed by atoms with Crippen LogP contribution in [0.3, 0.4) is 0 Å². The minimum atomic E-state index is -0.236. The van der Waals surface area contributed by atoms with Crippen molar-refractivity contribution in [3.05, 3.63) is 258 Å². The van der Waals surface area contributed by atoms with Gasteiger partial charge in [-0.15, -0.1) is 0 Å². The maximum atomic E-state index is 2.63. The van der Waals surface area contributed by atoms with Crippen molar-refractivity contribution in [3.63, 3.8) is 0 Å². The Balaban J connectivity index is 0.983. The summed E-state index contributed by atoms with van der Waals surface area (Å²) in [6.07, 6.45) is 0.845. The van der Waals surface area contributed by atoms with Crippen LogP contribution in [0.25, 0.3) is 98.7 Å². The quantitative estimate of drug-likeness (QED) is 0.170. The molecule has 1 heteroatoms. The second-order valence-corrected chi connectivity index (χ2v) is 21.5. The SMILES string of the molecule is CC1(C)c2cc3c(cc2-c2c1cc(-c1cccc4ccccc14)c1ccccc21)N(c1ccccc1-c1ccccc1)c1cc2c(cc1C3)C(C)(C)c1cc(-c3cccc4ccccc34)c3ccccc3c1-2. The van der Waals surface area contributed by atoms with Gasteiger partial charge in [0.2, 0.25) is 0 Å². The van der Waals surface area contributed by atoms with Gasteiger partial charge in [0.05, 0.1) is 17.1 Å². The molecule has 0 unspecified atom stereocenters. The zero-order valence-corrected chi connectivity index (χ0v) is 41.0. The van der Waals surface area contributed by atoms with Crippen molar-refractivity contribution >= 4 is 60.2 Å². The zero-order chi connectivity index (χ0) is 48.0. The summed E-state index contributed by atoms with van der Waals surface area (Å²) in [4.78, 5) is 2.63. The maximum Gasteiger partial charge on any atom is 0.0540 e. The number of benzene rings is 12. The normalized spacial score (nSPS) is 14.5. The molecule has 1 aliphatic heterocycles. The van der Waals surface area contributed by atoms with Crippen LogP contribution in [0.1, 0.15) is 61.1 Å². The molecular weight excluding hydrogens is 867 g/mol. The first-order valence-electron chi connectivity index (χ1n) is 25.6. The van der Waals surface area contributed by atoms with E-state index >= 15 is 0 Å². The lowest BCUT2D eigenvalue weighted by atomic mass is 9.78. The summed E-state index contributed by atoms with van der Waals surface area (Å²) in [6.45, 7) is 9.81. The number of anilines is 3. The highest BCUT2D eigenvalue weighted by molar-refractivity contribution is 6.15. The standard InChI is InChI=1S/C71H51N/c1-70(2)61-37-46-36-47-38-62-60(69-56-32-15-13-30-54(56)58(40-64(69)71(62,3)4)52-34-19-25-44-23-9-11-27-49(44)52)42-67(47)72(65-35-17-16-28-50(65)45-20-6-5-7-21-45)66(46)41-59(61)68-55-31-14-12-29-53(55)57(39-63(68)70)51-33-18-24-43-22-8-10-26-48(43)51/h5-35,37-42H,36H2,1-4H3. The zero-order valence-electron chi connectivity index (χ0n) is 41.0. The van der Waals surface area contributed by atoms with E-state index in [1.54, 1.807) is 0 Å². The second-order valence-electron chi connectivity index (χ2n) is 21.5. The lowest BCUT2D eigenvalue weighted by Crippen LogP contribution is -2.22. The first-order valence-corrected chi connectivity index (χ1v) is 25.6. The average molecular weight is 918 g/mol. The summed E-state index contributed by atoms with van der Waals surface area (Å²) in [6, 6.07) is 84.9. The van der Waals surface area contributed by atoms with E-state index in [4.69, 9.17) is 0 Å². The molecule has 0 aromatic heterocycles. The Hall–Kier alpha value is -8.52. The van der Waals surface area contributed by atoms with Gasteiger partial charge < -0.3 is 4.90 Å². The Morgan fingerprint density at radius 3 is 1.21 bits per heavy atom. The fourth-order valence-corrected chi connectivity index (χ4v) is 13.5. The van der Waals surface area contributed by atoms with E-state index in [9.17, 15) is 0 Å². The molecule has 0 spiro atoms. The van der Waals surface area contributed by atoms with E-state index in [2.05, 4.69) is 257 Å². The van der Waals surface area contributed by atoms with Crippen molar-refractivity contribution in [2.75, 3.05) is 4.90 Å². The van der Waals surface area contributed by atoms with E-state index in [1.165, 1.54) is 149 Å². The van der Waals surface area contributed by atoms with Crippen LogP contribution < -0.4 is 4.90 Å². The molecule has 1 heterocycles. The third-order valence-electron chi connectivity index (χ3n) is 17.0. The first-order chi connectivity index (χ1) is 35.2. The van der Waals surface area contributed by atoms with Gasteiger partial charge in [-0.1, -0.05) is 222 Å². The molecule has 72 heavy (non-hydrogen) atoms. The van der Waals surface area contributed by atoms with Gasteiger partial charge >= 0.3 is 0 Å². The Bertz CT molecular complexity index is 4050. The van der Waals surface area contributed by atoms with Crippen LogP contribution in [0.2, 0.25) is 0 Å². The van der Waals surface area contributed by atoms with Gasteiger partial charge in [0.25, 0.3) is 0 Å². The number of rotatable bonds is 4. The molecule has 1 nitrogen and oxygen atoms in total. The predicted octanol–water partition coefficient (Wildman–Crippen LogP) is 19.3. The van der Waals surface area contributed by atoms with Crippen molar-refractivity contribution in [2.24, 2.45) is 0 Å². The fraction of sp³-hybridized carbons (Fsp3) is 0.0986. The van der Waals surface area contributed by atoms with Gasteiger partial charge in [0, 0.05) is 22.8 Å². The molecule has 340 valence electrons. The van der Waals surface area contributed by atoms with Gasteiger partial charge in [-0.3, -0.25) is 0 Å². The Kier molecular flexibility index (Phi) is 8.60. The van der Waals surface area contributed by atoms with Crippen LogP contribution in [0, 0.1) is 0 Å². The summed E-state index contributed by atoms with van der Waals surface area (Å²) in [5.74, 6) is 0. The number of hydrogen-bond donors (Lipinski definition) is 0. The number of fused-ring (bicyclic) bond motifs is 14. The van der Waals surface area contributed by atoms with E-state index in [0.717, 1.165) is 6.42 Å². The molecule has 0 amide bonds. The van der Waals surface area contributed by atoms with Crippen LogP contribution in [-0.2, 0) is 17.3 Å². The van der Waals surface area contributed by atoms with E-state index < -0.39 is 0 Å². The highest BCUT2D eigenvalue weighted by Gasteiger charge is 2.42. The minimum absolute atomic E-state index is 0.236.